The molecule has 3 atom stereocenters. The van der Waals surface area contributed by atoms with Crippen molar-refractivity contribution < 1.29 is 24.2 Å². The van der Waals surface area contributed by atoms with E-state index in [2.05, 4.69) is 10.6 Å². The molecule has 1 saturated carbocycles. The topological polar surface area (TPSA) is 105 Å². The van der Waals surface area contributed by atoms with Gasteiger partial charge in [-0.15, -0.1) is 0 Å². The summed E-state index contributed by atoms with van der Waals surface area (Å²) in [7, 11) is 1.54. The summed E-state index contributed by atoms with van der Waals surface area (Å²) in [5.41, 5.74) is 0. The van der Waals surface area contributed by atoms with E-state index in [0.29, 0.717) is 32.4 Å². The first-order chi connectivity index (χ1) is 9.45. The third-order valence-electron chi connectivity index (χ3n) is 3.51. The standard InChI is InChI=1S/C13H22N2O5/c1-8(11(16)14-5-6-20-2)15-12(17)9-3-4-10(7-9)13(18)19/h8-10H,3-7H2,1-2H3,(H,14,16)(H,15,17)(H,18,19). The van der Waals surface area contributed by atoms with Gasteiger partial charge in [0.15, 0.2) is 0 Å². The number of rotatable bonds is 7. The molecule has 0 radical (unpaired) electrons. The van der Waals surface area contributed by atoms with Gasteiger partial charge in [0.05, 0.1) is 12.5 Å². The molecule has 0 bridgehead atoms. The number of carboxylic acids is 1. The number of hydrogen-bond acceptors (Lipinski definition) is 4. The molecule has 1 aliphatic rings. The van der Waals surface area contributed by atoms with E-state index in [1.54, 1.807) is 6.92 Å². The smallest absolute Gasteiger partial charge is 0.306 e. The molecule has 0 aromatic heterocycles. The summed E-state index contributed by atoms with van der Waals surface area (Å²) in [5, 5.41) is 14.2. The van der Waals surface area contributed by atoms with Crippen LogP contribution in [0.25, 0.3) is 0 Å². The number of methoxy groups -OCH3 is 1. The van der Waals surface area contributed by atoms with Crippen molar-refractivity contribution in [2.75, 3.05) is 20.3 Å². The van der Waals surface area contributed by atoms with Crippen LogP contribution < -0.4 is 10.6 Å². The Labute approximate surface area is 118 Å². The molecule has 0 spiro atoms. The van der Waals surface area contributed by atoms with Crippen LogP contribution >= 0.6 is 0 Å². The largest absolute Gasteiger partial charge is 0.481 e. The second kappa shape index (κ2) is 7.84. The van der Waals surface area contributed by atoms with E-state index in [9.17, 15) is 14.4 Å². The molecule has 20 heavy (non-hydrogen) atoms. The van der Waals surface area contributed by atoms with Gasteiger partial charge in [0.25, 0.3) is 0 Å². The number of aliphatic carboxylic acids is 1. The Hall–Kier alpha value is -1.63. The van der Waals surface area contributed by atoms with Crippen LogP contribution in [0.4, 0.5) is 0 Å². The normalized spacial score (nSPS) is 23.1. The van der Waals surface area contributed by atoms with Crippen molar-refractivity contribution in [2.24, 2.45) is 11.8 Å². The monoisotopic (exact) mass is 286 g/mol. The van der Waals surface area contributed by atoms with Crippen LogP contribution in [0, 0.1) is 11.8 Å². The summed E-state index contributed by atoms with van der Waals surface area (Å²) in [6.07, 6.45) is 1.42. The number of ether oxygens (including phenoxy) is 1. The third kappa shape index (κ3) is 4.80. The molecular weight excluding hydrogens is 264 g/mol. The molecule has 0 aromatic carbocycles. The highest BCUT2D eigenvalue weighted by molar-refractivity contribution is 5.88. The van der Waals surface area contributed by atoms with Gasteiger partial charge in [-0.2, -0.15) is 0 Å². The zero-order valence-corrected chi connectivity index (χ0v) is 11.8. The van der Waals surface area contributed by atoms with Crippen molar-refractivity contribution in [1.82, 2.24) is 10.6 Å². The lowest BCUT2D eigenvalue weighted by molar-refractivity contribution is -0.141. The lowest BCUT2D eigenvalue weighted by Gasteiger charge is -2.16. The number of carboxylic acid groups (broad SMARTS) is 1. The second-order valence-electron chi connectivity index (χ2n) is 5.06. The molecule has 114 valence electrons. The summed E-state index contributed by atoms with van der Waals surface area (Å²) in [5.74, 6) is -2.14. The summed E-state index contributed by atoms with van der Waals surface area (Å²) in [6, 6.07) is -0.636. The molecule has 3 unspecified atom stereocenters. The first-order valence-electron chi connectivity index (χ1n) is 6.75. The molecule has 1 fully saturated rings. The Morgan fingerprint density at radius 1 is 1.30 bits per heavy atom. The minimum atomic E-state index is -0.856. The predicted octanol–water partition coefficient (Wildman–Crippen LogP) is -0.245. The minimum absolute atomic E-state index is 0.247. The van der Waals surface area contributed by atoms with Gasteiger partial charge in [-0.05, 0) is 26.2 Å². The van der Waals surface area contributed by atoms with Gasteiger partial charge in [-0.1, -0.05) is 0 Å². The summed E-state index contributed by atoms with van der Waals surface area (Å²) in [4.78, 5) is 34.5. The van der Waals surface area contributed by atoms with E-state index in [1.807, 2.05) is 0 Å². The average molecular weight is 286 g/mol. The van der Waals surface area contributed by atoms with Crippen molar-refractivity contribution in [3.8, 4) is 0 Å². The van der Waals surface area contributed by atoms with Gasteiger partial charge < -0.3 is 20.5 Å². The molecule has 1 aliphatic carbocycles. The van der Waals surface area contributed by atoms with Crippen LogP contribution in [0.5, 0.6) is 0 Å². The molecular formula is C13H22N2O5. The van der Waals surface area contributed by atoms with Gasteiger partial charge in [-0.3, -0.25) is 14.4 Å². The Bertz CT molecular complexity index is 372. The second-order valence-corrected chi connectivity index (χ2v) is 5.06. The fraction of sp³-hybridized carbons (Fsp3) is 0.769. The zero-order chi connectivity index (χ0) is 15.1. The molecule has 0 heterocycles. The van der Waals surface area contributed by atoms with Crippen LogP contribution in [0.1, 0.15) is 26.2 Å². The van der Waals surface area contributed by atoms with Crippen LogP contribution in [0.2, 0.25) is 0 Å². The maximum absolute atomic E-state index is 11.9. The molecule has 1 rings (SSSR count). The molecule has 0 saturated heterocycles. The summed E-state index contributed by atoms with van der Waals surface area (Å²) in [6.45, 7) is 2.40. The molecule has 2 amide bonds. The van der Waals surface area contributed by atoms with E-state index in [4.69, 9.17) is 9.84 Å². The van der Waals surface area contributed by atoms with E-state index >= 15 is 0 Å². The first kappa shape index (κ1) is 16.4. The SMILES string of the molecule is COCCNC(=O)C(C)NC(=O)C1CCC(C(=O)O)C1. The van der Waals surface area contributed by atoms with E-state index < -0.39 is 17.9 Å². The average Bonchev–Trinajstić information content (AvgIpc) is 2.88. The summed E-state index contributed by atoms with van der Waals surface area (Å²) < 4.78 is 4.81. The highest BCUT2D eigenvalue weighted by Crippen LogP contribution is 2.31. The maximum Gasteiger partial charge on any atom is 0.306 e. The highest BCUT2D eigenvalue weighted by atomic mass is 16.5. The van der Waals surface area contributed by atoms with Gasteiger partial charge in [0, 0.05) is 19.6 Å². The predicted molar refractivity (Wildman–Crippen MR) is 71.0 cm³/mol. The Morgan fingerprint density at radius 3 is 2.50 bits per heavy atom. The van der Waals surface area contributed by atoms with E-state index in [1.165, 1.54) is 7.11 Å². The molecule has 7 heteroatoms. The van der Waals surface area contributed by atoms with Gasteiger partial charge in [0.1, 0.15) is 6.04 Å². The van der Waals surface area contributed by atoms with Gasteiger partial charge >= 0.3 is 5.97 Å². The Morgan fingerprint density at radius 2 is 1.95 bits per heavy atom. The fourth-order valence-electron chi connectivity index (χ4n) is 2.27. The van der Waals surface area contributed by atoms with Crippen molar-refractivity contribution in [3.63, 3.8) is 0 Å². The van der Waals surface area contributed by atoms with Crippen LogP contribution in [-0.2, 0) is 19.1 Å². The lowest BCUT2D eigenvalue weighted by Crippen LogP contribution is -2.47. The maximum atomic E-state index is 11.9. The Kier molecular flexibility index (Phi) is 6.44. The molecule has 3 N–H and O–H groups in total. The zero-order valence-electron chi connectivity index (χ0n) is 11.8. The minimum Gasteiger partial charge on any atom is -0.481 e. The van der Waals surface area contributed by atoms with Crippen LogP contribution in [0.3, 0.4) is 0 Å². The number of carbonyl (C=O) groups is 3. The number of hydrogen-bond donors (Lipinski definition) is 3. The van der Waals surface area contributed by atoms with Crippen molar-refractivity contribution in [1.29, 1.82) is 0 Å². The van der Waals surface area contributed by atoms with Crippen molar-refractivity contribution in [2.45, 2.75) is 32.2 Å². The summed E-state index contributed by atoms with van der Waals surface area (Å²) >= 11 is 0. The first-order valence-corrected chi connectivity index (χ1v) is 6.75. The van der Waals surface area contributed by atoms with Gasteiger partial charge in [0.2, 0.25) is 11.8 Å². The molecule has 7 nitrogen and oxygen atoms in total. The van der Waals surface area contributed by atoms with Crippen molar-refractivity contribution >= 4 is 17.8 Å². The van der Waals surface area contributed by atoms with Gasteiger partial charge in [-0.25, -0.2) is 0 Å². The third-order valence-corrected chi connectivity index (χ3v) is 3.51. The molecule has 0 aliphatic heterocycles. The van der Waals surface area contributed by atoms with E-state index in [0.717, 1.165) is 0 Å². The van der Waals surface area contributed by atoms with Crippen LogP contribution in [0.15, 0.2) is 0 Å². The lowest BCUT2D eigenvalue weighted by atomic mass is 10.0. The van der Waals surface area contributed by atoms with E-state index in [-0.39, 0.29) is 17.7 Å². The molecule has 0 aromatic rings. The quantitative estimate of drug-likeness (QED) is 0.560. The number of amides is 2. The number of nitrogens with one attached hydrogen (secondary N) is 2. The Balaban J connectivity index is 2.34. The van der Waals surface area contributed by atoms with Crippen LogP contribution in [-0.4, -0.2) is 49.2 Å². The fourth-order valence-corrected chi connectivity index (χ4v) is 2.27. The van der Waals surface area contributed by atoms with Crippen molar-refractivity contribution in [3.05, 3.63) is 0 Å². The highest BCUT2D eigenvalue weighted by Gasteiger charge is 2.34. The number of carbonyl (C=O) groups excluding carboxylic acids is 2.